The van der Waals surface area contributed by atoms with Gasteiger partial charge in [0.05, 0.1) is 0 Å². The molecule has 5 nitrogen and oxygen atoms in total. The average molecular weight is 387 g/mol. The molecule has 0 aliphatic carbocycles. The Labute approximate surface area is 156 Å². The third-order valence-corrected chi connectivity index (χ3v) is 6.58. The maximum absolute atomic E-state index is 12.5. The van der Waals surface area contributed by atoms with Crippen LogP contribution in [-0.4, -0.2) is 19.5 Å². The Morgan fingerprint density at radius 1 is 1.00 bits per heavy atom. The van der Waals surface area contributed by atoms with Crippen molar-refractivity contribution in [1.29, 1.82) is 0 Å². The summed E-state index contributed by atoms with van der Waals surface area (Å²) in [6, 6.07) is 18.3. The Morgan fingerprint density at radius 2 is 1.62 bits per heavy atom. The highest BCUT2D eigenvalue weighted by Gasteiger charge is 2.25. The molecule has 7 heteroatoms. The summed E-state index contributed by atoms with van der Waals surface area (Å²) in [5.41, 5.74) is 2.91. The van der Waals surface area contributed by atoms with Crippen LogP contribution in [0.15, 0.2) is 70.9 Å². The van der Waals surface area contributed by atoms with Gasteiger partial charge in [-0.3, -0.25) is 0 Å². The molecule has 134 valence electrons. The molecule has 0 fully saturated rings. The second kappa shape index (κ2) is 7.41. The van der Waals surface area contributed by atoms with Crippen molar-refractivity contribution in [3.05, 3.63) is 76.5 Å². The number of aromatic carboxylic acids is 1. The molecule has 0 spiro atoms. The fourth-order valence-corrected chi connectivity index (χ4v) is 5.12. The van der Waals surface area contributed by atoms with Gasteiger partial charge in [-0.05, 0) is 35.1 Å². The first-order valence-corrected chi connectivity index (χ1v) is 10.2. The number of carbonyl (C=O) groups is 1. The maximum atomic E-state index is 12.5. The van der Waals surface area contributed by atoms with Crippen molar-refractivity contribution in [3.8, 4) is 11.1 Å². The Morgan fingerprint density at radius 3 is 2.23 bits per heavy atom. The Kier molecular flexibility index (Phi) is 5.22. The molecule has 3 rings (SSSR count). The molecule has 26 heavy (non-hydrogen) atoms. The van der Waals surface area contributed by atoms with Crippen LogP contribution >= 0.6 is 11.3 Å². The molecule has 1 atom stereocenters. The van der Waals surface area contributed by atoms with Crippen LogP contribution in [0, 0.1) is 0 Å². The van der Waals surface area contributed by atoms with Gasteiger partial charge in [0.25, 0.3) is 0 Å². The number of rotatable bonds is 6. The second-order valence-electron chi connectivity index (χ2n) is 5.75. The van der Waals surface area contributed by atoms with Crippen LogP contribution in [0.4, 0.5) is 0 Å². The average Bonchev–Trinajstić information content (AvgIpc) is 3.13. The van der Waals surface area contributed by atoms with Crippen molar-refractivity contribution in [2.24, 2.45) is 0 Å². The zero-order valence-electron chi connectivity index (χ0n) is 13.9. The summed E-state index contributed by atoms with van der Waals surface area (Å²) in [6.07, 6.45) is 0. The first-order valence-electron chi connectivity index (χ1n) is 7.87. The Balaban J connectivity index is 1.80. The van der Waals surface area contributed by atoms with Crippen LogP contribution in [-0.2, 0) is 10.0 Å². The molecule has 0 saturated carbocycles. The van der Waals surface area contributed by atoms with Crippen LogP contribution in [0.25, 0.3) is 11.1 Å². The number of thiophene rings is 1. The molecule has 1 heterocycles. The summed E-state index contributed by atoms with van der Waals surface area (Å²) in [4.78, 5) is 10.8. The minimum atomic E-state index is -3.92. The van der Waals surface area contributed by atoms with Crippen molar-refractivity contribution in [1.82, 2.24) is 4.72 Å². The van der Waals surface area contributed by atoms with Crippen LogP contribution < -0.4 is 4.72 Å². The standard InChI is InChI=1S/C19H17NO4S2/c1-13(20-26(23,24)17-11-12-25-18(17)19(21)22)14-7-9-16(10-8-14)15-5-3-2-4-6-15/h2-13,20H,1H3,(H,21,22)/t13-/m1/s1. The molecule has 0 aliphatic rings. The molecule has 0 amide bonds. The smallest absolute Gasteiger partial charge is 0.347 e. The lowest BCUT2D eigenvalue weighted by atomic mass is 10.0. The minimum Gasteiger partial charge on any atom is -0.477 e. The lowest BCUT2D eigenvalue weighted by Crippen LogP contribution is -2.27. The van der Waals surface area contributed by atoms with Gasteiger partial charge in [0, 0.05) is 6.04 Å². The van der Waals surface area contributed by atoms with E-state index >= 15 is 0 Å². The number of carboxylic acid groups (broad SMARTS) is 1. The SMILES string of the molecule is C[C@@H](NS(=O)(=O)c1ccsc1C(=O)O)c1ccc(-c2ccccc2)cc1. The lowest BCUT2D eigenvalue weighted by Gasteiger charge is -2.15. The highest BCUT2D eigenvalue weighted by molar-refractivity contribution is 7.89. The molecule has 0 unspecified atom stereocenters. The highest BCUT2D eigenvalue weighted by atomic mass is 32.2. The molecule has 0 bridgehead atoms. The number of hydrogen-bond donors (Lipinski definition) is 2. The van der Waals surface area contributed by atoms with Gasteiger partial charge in [0.1, 0.15) is 9.77 Å². The number of carboxylic acids is 1. The zero-order chi connectivity index (χ0) is 18.7. The fourth-order valence-electron chi connectivity index (χ4n) is 2.62. The Bertz CT molecular complexity index is 1010. The van der Waals surface area contributed by atoms with Gasteiger partial charge in [0.15, 0.2) is 0 Å². The third kappa shape index (κ3) is 3.85. The number of hydrogen-bond acceptors (Lipinski definition) is 4. The molecule has 0 saturated heterocycles. The van der Waals surface area contributed by atoms with Crippen molar-refractivity contribution >= 4 is 27.3 Å². The Hall–Kier alpha value is -2.48. The van der Waals surface area contributed by atoms with E-state index in [-0.39, 0.29) is 9.77 Å². The van der Waals surface area contributed by atoms with Gasteiger partial charge in [-0.15, -0.1) is 11.3 Å². The number of sulfonamides is 1. The summed E-state index contributed by atoms with van der Waals surface area (Å²) >= 11 is 0.888. The molecular formula is C19H17NO4S2. The van der Waals surface area contributed by atoms with Crippen LogP contribution in [0.2, 0.25) is 0 Å². The van der Waals surface area contributed by atoms with E-state index in [1.165, 1.54) is 11.4 Å². The van der Waals surface area contributed by atoms with Crippen molar-refractivity contribution in [2.45, 2.75) is 17.9 Å². The normalized spacial score (nSPS) is 12.7. The minimum absolute atomic E-state index is 0.191. The molecular weight excluding hydrogens is 370 g/mol. The molecule has 2 N–H and O–H groups in total. The van der Waals surface area contributed by atoms with Crippen LogP contribution in [0.5, 0.6) is 0 Å². The van der Waals surface area contributed by atoms with Gasteiger partial charge in [0.2, 0.25) is 10.0 Å². The summed E-state index contributed by atoms with van der Waals surface area (Å²) in [7, 11) is -3.92. The highest BCUT2D eigenvalue weighted by Crippen LogP contribution is 2.25. The van der Waals surface area contributed by atoms with E-state index < -0.39 is 22.0 Å². The number of nitrogens with one attached hydrogen (secondary N) is 1. The summed E-state index contributed by atoms with van der Waals surface area (Å²) < 4.78 is 27.6. The predicted molar refractivity (Wildman–Crippen MR) is 102 cm³/mol. The van der Waals surface area contributed by atoms with Crippen molar-refractivity contribution < 1.29 is 18.3 Å². The van der Waals surface area contributed by atoms with Crippen molar-refractivity contribution in [2.75, 3.05) is 0 Å². The van der Waals surface area contributed by atoms with Gasteiger partial charge in [-0.25, -0.2) is 17.9 Å². The lowest BCUT2D eigenvalue weighted by molar-refractivity contribution is 0.0698. The first kappa shape index (κ1) is 18.3. The van der Waals surface area contributed by atoms with Gasteiger partial charge in [-0.2, -0.15) is 0 Å². The quantitative estimate of drug-likeness (QED) is 0.665. The van der Waals surface area contributed by atoms with Gasteiger partial charge in [-0.1, -0.05) is 54.6 Å². The van der Waals surface area contributed by atoms with E-state index in [1.807, 2.05) is 54.6 Å². The zero-order valence-corrected chi connectivity index (χ0v) is 15.5. The predicted octanol–water partition coefficient (Wildman–Crippen LogP) is 4.15. The van der Waals surface area contributed by atoms with E-state index in [9.17, 15) is 13.2 Å². The first-order chi connectivity index (χ1) is 12.4. The van der Waals surface area contributed by atoms with E-state index in [4.69, 9.17) is 5.11 Å². The van der Waals surface area contributed by atoms with E-state index in [0.29, 0.717) is 0 Å². The van der Waals surface area contributed by atoms with Crippen LogP contribution in [0.3, 0.4) is 0 Å². The number of benzene rings is 2. The third-order valence-electron chi connectivity index (χ3n) is 3.96. The molecule has 3 aromatic rings. The topological polar surface area (TPSA) is 83.5 Å². The summed E-state index contributed by atoms with van der Waals surface area (Å²) in [6.45, 7) is 1.72. The summed E-state index contributed by atoms with van der Waals surface area (Å²) in [5, 5.41) is 10.6. The van der Waals surface area contributed by atoms with Gasteiger partial charge < -0.3 is 5.11 Å². The molecule has 2 aromatic carbocycles. The van der Waals surface area contributed by atoms with E-state index in [2.05, 4.69) is 4.72 Å². The van der Waals surface area contributed by atoms with Crippen LogP contribution in [0.1, 0.15) is 28.2 Å². The maximum Gasteiger partial charge on any atom is 0.347 e. The summed E-state index contributed by atoms with van der Waals surface area (Å²) in [5.74, 6) is -1.25. The molecule has 0 radical (unpaired) electrons. The van der Waals surface area contributed by atoms with Crippen molar-refractivity contribution in [3.63, 3.8) is 0 Å². The van der Waals surface area contributed by atoms with E-state index in [0.717, 1.165) is 28.0 Å². The van der Waals surface area contributed by atoms with E-state index in [1.54, 1.807) is 6.92 Å². The molecule has 0 aliphatic heterocycles. The largest absolute Gasteiger partial charge is 0.477 e. The fraction of sp³-hybridized carbons (Fsp3) is 0.105. The second-order valence-corrected chi connectivity index (χ2v) is 8.35. The monoisotopic (exact) mass is 387 g/mol. The molecule has 1 aromatic heterocycles. The van der Waals surface area contributed by atoms with Gasteiger partial charge >= 0.3 is 5.97 Å².